The minimum Gasteiger partial charge on any atom is -0.508 e. The molecule has 0 bridgehead atoms. The molecule has 1 aromatic carbocycles. The number of amides is 1. The average molecular weight is 234 g/mol. The third kappa shape index (κ3) is 3.92. The molecule has 0 aliphatic carbocycles. The normalized spacial score (nSPS) is 11.9. The monoisotopic (exact) mass is 234 g/mol. The Kier molecular flexibility index (Phi) is 4.72. The number of carbonyl (C=O) groups is 1. The van der Waals surface area contributed by atoms with E-state index in [-0.39, 0.29) is 11.7 Å². The molecule has 0 saturated carbocycles. The first-order chi connectivity index (χ1) is 8.04. The number of aromatic hydroxyl groups is 1. The largest absolute Gasteiger partial charge is 0.508 e. The van der Waals surface area contributed by atoms with E-state index in [4.69, 9.17) is 10.8 Å². The van der Waals surface area contributed by atoms with Crippen LogP contribution in [0.1, 0.15) is 5.56 Å². The second-order valence-corrected chi connectivity index (χ2v) is 3.98. The van der Waals surface area contributed by atoms with Gasteiger partial charge in [0.05, 0.1) is 6.04 Å². The molecule has 3 N–H and O–H groups in total. The van der Waals surface area contributed by atoms with Gasteiger partial charge in [-0.1, -0.05) is 18.2 Å². The van der Waals surface area contributed by atoms with Crippen LogP contribution in [0.25, 0.3) is 0 Å². The van der Waals surface area contributed by atoms with Crippen LogP contribution in [0.3, 0.4) is 0 Å². The Morgan fingerprint density at radius 3 is 2.65 bits per heavy atom. The van der Waals surface area contributed by atoms with Gasteiger partial charge in [-0.05, 0) is 24.1 Å². The number of likely N-dealkylation sites (N-methyl/N-ethyl adjacent to an activating group) is 1. The number of benzene rings is 1. The van der Waals surface area contributed by atoms with Gasteiger partial charge in [0.25, 0.3) is 0 Å². The minimum atomic E-state index is -0.565. The summed E-state index contributed by atoms with van der Waals surface area (Å²) in [5, 5.41) is 9.14. The van der Waals surface area contributed by atoms with E-state index in [1.165, 1.54) is 4.90 Å². The molecule has 0 aliphatic heterocycles. The third-order valence-electron chi connectivity index (χ3n) is 2.49. The quantitative estimate of drug-likeness (QED) is 0.744. The van der Waals surface area contributed by atoms with Gasteiger partial charge in [-0.3, -0.25) is 4.79 Å². The highest BCUT2D eigenvalue weighted by atomic mass is 16.3. The zero-order valence-electron chi connectivity index (χ0n) is 9.97. The molecule has 0 fully saturated rings. The number of phenolic OH excluding ortho intramolecular Hbond substituents is 1. The predicted octanol–water partition coefficient (Wildman–Crippen LogP) is 0.906. The standard InChI is InChI=1S/C13H18N2O2/c1-3-8-15(2)13(17)12(14)9-10-4-6-11(16)7-5-10/h3-7,12,16H,1,8-9,14H2,2H3/t12-/m0/s1. The maximum atomic E-state index is 11.8. The summed E-state index contributed by atoms with van der Waals surface area (Å²) < 4.78 is 0. The van der Waals surface area contributed by atoms with E-state index < -0.39 is 6.04 Å². The first-order valence-electron chi connectivity index (χ1n) is 5.44. The zero-order chi connectivity index (χ0) is 12.8. The lowest BCUT2D eigenvalue weighted by Gasteiger charge is -2.19. The summed E-state index contributed by atoms with van der Waals surface area (Å²) in [5.74, 6) is 0.0930. The highest BCUT2D eigenvalue weighted by Gasteiger charge is 2.17. The van der Waals surface area contributed by atoms with Crippen LogP contribution in [-0.2, 0) is 11.2 Å². The second-order valence-electron chi connectivity index (χ2n) is 3.98. The molecule has 1 rings (SSSR count). The summed E-state index contributed by atoms with van der Waals surface area (Å²) in [5.41, 5.74) is 6.76. The molecule has 0 aliphatic rings. The molecule has 4 heteroatoms. The highest BCUT2D eigenvalue weighted by molar-refractivity contribution is 5.81. The van der Waals surface area contributed by atoms with E-state index in [2.05, 4.69) is 6.58 Å². The smallest absolute Gasteiger partial charge is 0.239 e. The summed E-state index contributed by atoms with van der Waals surface area (Å²) in [6, 6.07) is 6.12. The van der Waals surface area contributed by atoms with Crippen LogP contribution in [0.5, 0.6) is 5.75 Å². The molecule has 92 valence electrons. The second kappa shape index (κ2) is 6.06. The van der Waals surface area contributed by atoms with Crippen molar-refractivity contribution in [1.82, 2.24) is 4.90 Å². The molecular weight excluding hydrogens is 216 g/mol. The fourth-order valence-corrected chi connectivity index (χ4v) is 1.54. The Hall–Kier alpha value is -1.81. The first kappa shape index (κ1) is 13.3. The van der Waals surface area contributed by atoms with Crippen LogP contribution < -0.4 is 5.73 Å². The van der Waals surface area contributed by atoms with Gasteiger partial charge < -0.3 is 15.7 Å². The SMILES string of the molecule is C=CCN(C)C(=O)[C@@H](N)Cc1ccc(O)cc1. The van der Waals surface area contributed by atoms with Crippen molar-refractivity contribution in [2.45, 2.75) is 12.5 Å². The van der Waals surface area contributed by atoms with Crippen molar-refractivity contribution in [3.8, 4) is 5.75 Å². The van der Waals surface area contributed by atoms with Crippen LogP contribution >= 0.6 is 0 Å². The van der Waals surface area contributed by atoms with Gasteiger partial charge in [0.15, 0.2) is 0 Å². The Bertz CT molecular complexity index is 387. The molecule has 1 aromatic rings. The maximum Gasteiger partial charge on any atom is 0.239 e. The summed E-state index contributed by atoms with van der Waals surface area (Å²) in [4.78, 5) is 13.3. The third-order valence-corrected chi connectivity index (χ3v) is 2.49. The van der Waals surface area contributed by atoms with Crippen LogP contribution in [0, 0.1) is 0 Å². The molecular formula is C13H18N2O2. The van der Waals surface area contributed by atoms with E-state index >= 15 is 0 Å². The van der Waals surface area contributed by atoms with Crippen molar-refractivity contribution in [2.75, 3.05) is 13.6 Å². The lowest BCUT2D eigenvalue weighted by molar-refractivity contribution is -0.130. The lowest BCUT2D eigenvalue weighted by Crippen LogP contribution is -2.43. The molecule has 0 aromatic heterocycles. The van der Waals surface area contributed by atoms with Crippen LogP contribution in [-0.4, -0.2) is 35.5 Å². The molecule has 1 atom stereocenters. The van der Waals surface area contributed by atoms with Gasteiger partial charge in [0.2, 0.25) is 5.91 Å². The fraction of sp³-hybridized carbons (Fsp3) is 0.308. The number of carbonyl (C=O) groups excluding carboxylic acids is 1. The number of hydrogen-bond acceptors (Lipinski definition) is 3. The molecule has 0 heterocycles. The zero-order valence-corrected chi connectivity index (χ0v) is 9.97. The van der Waals surface area contributed by atoms with E-state index in [0.717, 1.165) is 5.56 Å². The number of hydrogen-bond donors (Lipinski definition) is 2. The number of nitrogens with zero attached hydrogens (tertiary/aromatic N) is 1. The van der Waals surface area contributed by atoms with Crippen molar-refractivity contribution in [3.05, 3.63) is 42.5 Å². The van der Waals surface area contributed by atoms with Gasteiger partial charge in [-0.15, -0.1) is 6.58 Å². The summed E-state index contributed by atoms with van der Waals surface area (Å²) >= 11 is 0. The van der Waals surface area contributed by atoms with Crippen LogP contribution in [0.2, 0.25) is 0 Å². The Labute approximate surface area is 101 Å². The molecule has 1 amide bonds. The van der Waals surface area contributed by atoms with Crippen molar-refractivity contribution < 1.29 is 9.90 Å². The Balaban J connectivity index is 2.59. The first-order valence-corrected chi connectivity index (χ1v) is 5.44. The summed E-state index contributed by atoms with van der Waals surface area (Å²) in [7, 11) is 1.70. The predicted molar refractivity (Wildman–Crippen MR) is 67.6 cm³/mol. The topological polar surface area (TPSA) is 66.6 Å². The molecule has 17 heavy (non-hydrogen) atoms. The number of phenols is 1. The van der Waals surface area contributed by atoms with Crippen LogP contribution in [0.4, 0.5) is 0 Å². The Morgan fingerprint density at radius 1 is 1.53 bits per heavy atom. The van der Waals surface area contributed by atoms with Crippen molar-refractivity contribution >= 4 is 5.91 Å². The minimum absolute atomic E-state index is 0.113. The fourth-order valence-electron chi connectivity index (χ4n) is 1.54. The van der Waals surface area contributed by atoms with Gasteiger partial charge in [0, 0.05) is 13.6 Å². The average Bonchev–Trinajstić information content (AvgIpc) is 2.31. The van der Waals surface area contributed by atoms with Gasteiger partial charge in [-0.25, -0.2) is 0 Å². The van der Waals surface area contributed by atoms with E-state index in [1.54, 1.807) is 37.4 Å². The molecule has 4 nitrogen and oxygen atoms in total. The Morgan fingerprint density at radius 2 is 2.12 bits per heavy atom. The molecule has 0 radical (unpaired) electrons. The highest BCUT2D eigenvalue weighted by Crippen LogP contribution is 2.11. The van der Waals surface area contributed by atoms with Crippen molar-refractivity contribution in [3.63, 3.8) is 0 Å². The number of nitrogens with two attached hydrogens (primary N) is 1. The van der Waals surface area contributed by atoms with E-state index in [1.807, 2.05) is 0 Å². The van der Waals surface area contributed by atoms with Crippen molar-refractivity contribution in [1.29, 1.82) is 0 Å². The lowest BCUT2D eigenvalue weighted by atomic mass is 10.1. The van der Waals surface area contributed by atoms with Gasteiger partial charge in [-0.2, -0.15) is 0 Å². The van der Waals surface area contributed by atoms with E-state index in [0.29, 0.717) is 13.0 Å². The summed E-state index contributed by atoms with van der Waals surface area (Å²) in [6.45, 7) is 4.06. The molecule has 0 unspecified atom stereocenters. The molecule has 0 spiro atoms. The molecule has 0 saturated heterocycles. The maximum absolute atomic E-state index is 11.8. The van der Waals surface area contributed by atoms with Crippen LogP contribution in [0.15, 0.2) is 36.9 Å². The number of rotatable bonds is 5. The van der Waals surface area contributed by atoms with Crippen molar-refractivity contribution in [2.24, 2.45) is 5.73 Å². The van der Waals surface area contributed by atoms with Gasteiger partial charge in [0.1, 0.15) is 5.75 Å². The van der Waals surface area contributed by atoms with Gasteiger partial charge >= 0.3 is 0 Å². The summed E-state index contributed by atoms with van der Waals surface area (Å²) in [6.07, 6.45) is 2.12. The van der Waals surface area contributed by atoms with E-state index in [9.17, 15) is 4.79 Å².